The molecule has 4 aliphatic rings. The molecule has 4 bridgehead atoms. The van der Waals surface area contributed by atoms with Crippen molar-refractivity contribution in [1.82, 2.24) is 0 Å². The molecule has 0 aromatic heterocycles. The van der Waals surface area contributed by atoms with Gasteiger partial charge in [-0.25, -0.2) is 0 Å². The van der Waals surface area contributed by atoms with Gasteiger partial charge in [0.1, 0.15) is 5.78 Å². The van der Waals surface area contributed by atoms with Crippen molar-refractivity contribution in [1.29, 1.82) is 0 Å². The third kappa shape index (κ3) is 2.13. The van der Waals surface area contributed by atoms with Gasteiger partial charge in [-0.2, -0.15) is 0 Å². The van der Waals surface area contributed by atoms with Gasteiger partial charge >= 0.3 is 0 Å². The number of carbonyl (C=O) groups is 1. The minimum atomic E-state index is -1.75. The van der Waals surface area contributed by atoms with Crippen LogP contribution in [0.3, 0.4) is 0 Å². The first kappa shape index (κ1) is 13.8. The summed E-state index contributed by atoms with van der Waals surface area (Å²) in [5, 5.41) is 0.241. The summed E-state index contributed by atoms with van der Waals surface area (Å²) in [6, 6.07) is 0. The lowest BCUT2D eigenvalue weighted by atomic mass is 9.54. The average molecular weight is 280 g/mol. The van der Waals surface area contributed by atoms with Crippen LogP contribution in [0.4, 0.5) is 0 Å². The number of hydrogen-bond acceptors (Lipinski definition) is 2. The van der Waals surface area contributed by atoms with E-state index in [1.165, 1.54) is 12.8 Å². The summed E-state index contributed by atoms with van der Waals surface area (Å²) in [7, 11) is -1.75. The highest BCUT2D eigenvalue weighted by atomic mass is 28.4. The lowest BCUT2D eigenvalue weighted by Crippen LogP contribution is -2.58. The van der Waals surface area contributed by atoms with Crippen molar-refractivity contribution < 1.29 is 9.22 Å². The van der Waals surface area contributed by atoms with Crippen LogP contribution < -0.4 is 0 Å². The minimum Gasteiger partial charge on any atom is -0.413 e. The van der Waals surface area contributed by atoms with Crippen molar-refractivity contribution in [2.45, 2.75) is 70.7 Å². The number of ketones is 1. The minimum absolute atomic E-state index is 0.241. The van der Waals surface area contributed by atoms with Crippen LogP contribution in [0.15, 0.2) is 0 Å². The molecule has 0 aromatic rings. The van der Waals surface area contributed by atoms with Crippen LogP contribution >= 0.6 is 0 Å². The third-order valence-electron chi connectivity index (χ3n) is 6.29. The first-order valence-corrected chi connectivity index (χ1v) is 10.8. The van der Waals surface area contributed by atoms with Gasteiger partial charge in [-0.15, -0.1) is 0 Å². The SMILES string of the molecule is CC(C)(C)[Si](C)(C)O[C@@H]1[C@H]2C[C@@H]3C[C@H](C2)C(=O)[C@H]1C3. The van der Waals surface area contributed by atoms with Crippen molar-refractivity contribution in [2.24, 2.45) is 23.7 Å². The molecule has 0 spiro atoms. The van der Waals surface area contributed by atoms with Crippen LogP contribution in [-0.4, -0.2) is 20.2 Å². The van der Waals surface area contributed by atoms with Gasteiger partial charge in [0.25, 0.3) is 0 Å². The summed E-state index contributed by atoms with van der Waals surface area (Å²) in [6.45, 7) is 11.5. The molecule has 2 nitrogen and oxygen atoms in total. The van der Waals surface area contributed by atoms with Crippen molar-refractivity contribution >= 4 is 14.1 Å². The van der Waals surface area contributed by atoms with E-state index in [2.05, 4.69) is 33.9 Å². The summed E-state index contributed by atoms with van der Waals surface area (Å²) in [4.78, 5) is 12.5. The van der Waals surface area contributed by atoms with Crippen molar-refractivity contribution in [3.05, 3.63) is 0 Å². The van der Waals surface area contributed by atoms with Gasteiger partial charge in [-0.1, -0.05) is 20.8 Å². The number of carbonyl (C=O) groups excluding carboxylic acids is 1. The molecular weight excluding hydrogens is 252 g/mol. The Morgan fingerprint density at radius 1 is 1.11 bits per heavy atom. The Morgan fingerprint density at radius 3 is 2.42 bits per heavy atom. The fourth-order valence-corrected chi connectivity index (χ4v) is 5.67. The van der Waals surface area contributed by atoms with E-state index in [-0.39, 0.29) is 17.1 Å². The molecule has 4 rings (SSSR count). The Morgan fingerprint density at radius 2 is 1.79 bits per heavy atom. The van der Waals surface area contributed by atoms with E-state index < -0.39 is 8.32 Å². The molecular formula is C16H28O2Si. The van der Waals surface area contributed by atoms with Crippen LogP contribution in [0, 0.1) is 23.7 Å². The molecule has 0 heterocycles. The van der Waals surface area contributed by atoms with Crippen LogP contribution in [0.25, 0.3) is 0 Å². The molecule has 4 fully saturated rings. The molecule has 4 saturated carbocycles. The summed E-state index contributed by atoms with van der Waals surface area (Å²) < 4.78 is 6.67. The normalized spacial score (nSPS) is 41.9. The van der Waals surface area contributed by atoms with E-state index in [4.69, 9.17) is 4.43 Å². The van der Waals surface area contributed by atoms with E-state index in [1.54, 1.807) is 0 Å². The molecule has 0 saturated heterocycles. The third-order valence-corrected chi connectivity index (χ3v) is 10.8. The predicted octanol–water partition coefficient (Wildman–Crippen LogP) is 4.01. The van der Waals surface area contributed by atoms with E-state index in [0.717, 1.165) is 18.8 Å². The van der Waals surface area contributed by atoms with Crippen molar-refractivity contribution in [3.8, 4) is 0 Å². The first-order chi connectivity index (χ1) is 8.69. The molecule has 5 atom stereocenters. The van der Waals surface area contributed by atoms with E-state index in [9.17, 15) is 4.79 Å². The molecule has 4 aliphatic carbocycles. The van der Waals surface area contributed by atoms with Crippen LogP contribution in [0.1, 0.15) is 46.5 Å². The second-order valence-corrected chi connectivity index (χ2v) is 13.4. The molecule has 19 heavy (non-hydrogen) atoms. The Balaban J connectivity index is 1.81. The first-order valence-electron chi connectivity index (χ1n) is 7.90. The molecule has 0 unspecified atom stereocenters. The highest BCUT2D eigenvalue weighted by Crippen LogP contribution is 2.54. The smallest absolute Gasteiger partial charge is 0.192 e. The monoisotopic (exact) mass is 280 g/mol. The predicted molar refractivity (Wildman–Crippen MR) is 79.5 cm³/mol. The van der Waals surface area contributed by atoms with Gasteiger partial charge in [0.05, 0.1) is 6.10 Å². The number of rotatable bonds is 2. The molecule has 0 aliphatic heterocycles. The maximum absolute atomic E-state index is 12.5. The lowest BCUT2D eigenvalue weighted by molar-refractivity contribution is -0.152. The van der Waals surface area contributed by atoms with Gasteiger partial charge in [-0.05, 0) is 55.7 Å². The van der Waals surface area contributed by atoms with Crippen LogP contribution in [0.5, 0.6) is 0 Å². The molecule has 0 N–H and O–H groups in total. The summed E-state index contributed by atoms with van der Waals surface area (Å²) in [5.41, 5.74) is 0. The second-order valence-electron chi connectivity index (χ2n) is 8.62. The van der Waals surface area contributed by atoms with Gasteiger partial charge in [-0.3, -0.25) is 4.79 Å². The Hall–Kier alpha value is -0.153. The molecule has 0 amide bonds. The Kier molecular flexibility index (Phi) is 3.03. The fraction of sp³-hybridized carbons (Fsp3) is 0.938. The van der Waals surface area contributed by atoms with Crippen LogP contribution in [0.2, 0.25) is 18.1 Å². The molecule has 108 valence electrons. The zero-order chi connectivity index (χ0) is 14.0. The van der Waals surface area contributed by atoms with Gasteiger partial charge in [0.15, 0.2) is 8.32 Å². The zero-order valence-corrected chi connectivity index (χ0v) is 14.0. The maximum atomic E-state index is 12.5. The molecule has 3 heteroatoms. The second kappa shape index (κ2) is 4.17. The van der Waals surface area contributed by atoms with Gasteiger partial charge < -0.3 is 4.43 Å². The summed E-state index contributed by atoms with van der Waals surface area (Å²) >= 11 is 0. The Bertz CT molecular complexity index is 396. The number of hydrogen-bond donors (Lipinski definition) is 0. The van der Waals surface area contributed by atoms with E-state index in [0.29, 0.717) is 17.6 Å². The van der Waals surface area contributed by atoms with E-state index >= 15 is 0 Å². The molecule has 0 radical (unpaired) electrons. The number of Topliss-reactive ketones (excluding diaryl/α,β-unsaturated/α-hetero) is 1. The maximum Gasteiger partial charge on any atom is 0.192 e. The highest BCUT2D eigenvalue weighted by molar-refractivity contribution is 6.74. The summed E-state index contributed by atoms with van der Waals surface area (Å²) in [5.74, 6) is 2.67. The quantitative estimate of drug-likeness (QED) is 0.714. The van der Waals surface area contributed by atoms with Gasteiger partial charge in [0, 0.05) is 11.8 Å². The van der Waals surface area contributed by atoms with Crippen molar-refractivity contribution in [2.75, 3.05) is 0 Å². The standard InChI is InChI=1S/C16H28O2Si/c1-16(2,3)19(4,5)18-15-12-7-10-6-11(9-12)14(17)13(15)8-10/h10-13,15H,6-9H2,1-5H3/t10-,11+,12-,13+,15+/m0/s1. The van der Waals surface area contributed by atoms with Crippen LogP contribution in [-0.2, 0) is 9.22 Å². The molecule has 0 aromatic carbocycles. The summed E-state index contributed by atoms with van der Waals surface area (Å²) in [6.07, 6.45) is 4.98. The van der Waals surface area contributed by atoms with Crippen molar-refractivity contribution in [3.63, 3.8) is 0 Å². The topological polar surface area (TPSA) is 26.3 Å². The Labute approximate surface area is 118 Å². The lowest BCUT2D eigenvalue weighted by Gasteiger charge is -2.55. The largest absolute Gasteiger partial charge is 0.413 e. The van der Waals surface area contributed by atoms with Gasteiger partial charge in [0.2, 0.25) is 0 Å². The highest BCUT2D eigenvalue weighted by Gasteiger charge is 2.55. The average Bonchev–Trinajstić information content (AvgIpc) is 2.27. The van der Waals surface area contributed by atoms with E-state index in [1.807, 2.05) is 0 Å². The fourth-order valence-electron chi connectivity index (χ4n) is 4.28. The zero-order valence-electron chi connectivity index (χ0n) is 13.0.